The van der Waals surface area contributed by atoms with E-state index in [2.05, 4.69) is 30.0 Å². The van der Waals surface area contributed by atoms with Crippen LogP contribution in [0.25, 0.3) is 10.8 Å². The lowest BCUT2D eigenvalue weighted by Gasteiger charge is -2.14. The van der Waals surface area contributed by atoms with Crippen molar-refractivity contribution in [1.29, 1.82) is 0 Å². The molecule has 3 nitrogen and oxygen atoms in total. The molecule has 2 N–H and O–H groups in total. The molecule has 3 rings (SSSR count). The number of benzene rings is 2. The molecule has 2 aromatic rings. The molecule has 2 aromatic carbocycles. The van der Waals surface area contributed by atoms with Gasteiger partial charge in [-0.05, 0) is 24.3 Å². The smallest absolute Gasteiger partial charge is 0.135 e. The van der Waals surface area contributed by atoms with Gasteiger partial charge in [0.15, 0.2) is 0 Å². The molecule has 1 atom stereocenters. The van der Waals surface area contributed by atoms with E-state index >= 15 is 0 Å². The average molecular weight is 281 g/mol. The third-order valence-electron chi connectivity index (χ3n) is 3.65. The van der Waals surface area contributed by atoms with E-state index < -0.39 is 0 Å². The molecule has 21 heavy (non-hydrogen) atoms. The van der Waals surface area contributed by atoms with Crippen LogP contribution in [-0.2, 0) is 4.74 Å². The van der Waals surface area contributed by atoms with Crippen molar-refractivity contribution >= 4 is 10.8 Å². The number of hydrogen-bond donors (Lipinski definition) is 1. The molecule has 1 fully saturated rings. The van der Waals surface area contributed by atoms with Gasteiger partial charge >= 0.3 is 0 Å². The van der Waals surface area contributed by atoms with E-state index in [1.807, 2.05) is 18.2 Å². The summed E-state index contributed by atoms with van der Waals surface area (Å²) in [6.07, 6.45) is 2.38. The van der Waals surface area contributed by atoms with Crippen LogP contribution < -0.4 is 10.5 Å². The molecule has 0 amide bonds. The van der Waals surface area contributed by atoms with Gasteiger partial charge in [0.1, 0.15) is 12.4 Å². The number of nitrogens with two attached hydrogens (primary N) is 1. The van der Waals surface area contributed by atoms with E-state index in [1.165, 1.54) is 0 Å². The zero-order valence-electron chi connectivity index (χ0n) is 12.0. The van der Waals surface area contributed by atoms with Gasteiger partial charge in [0.05, 0.1) is 18.2 Å². The number of hydrogen-bond acceptors (Lipinski definition) is 3. The minimum atomic E-state index is 0.201. The minimum absolute atomic E-state index is 0.201. The second-order valence-corrected chi connectivity index (χ2v) is 5.11. The van der Waals surface area contributed by atoms with Crippen LogP contribution in [0.4, 0.5) is 0 Å². The maximum atomic E-state index is 5.96. The second kappa shape index (κ2) is 6.62. The van der Waals surface area contributed by atoms with Gasteiger partial charge < -0.3 is 15.2 Å². The molecule has 1 saturated heterocycles. The summed E-state index contributed by atoms with van der Waals surface area (Å²) in [6.45, 7) is 1.76. The first-order valence-electron chi connectivity index (χ1n) is 7.33. The van der Waals surface area contributed by atoms with Crippen LogP contribution in [-0.4, -0.2) is 25.9 Å². The summed E-state index contributed by atoms with van der Waals surface area (Å²) >= 11 is 0. The summed E-state index contributed by atoms with van der Waals surface area (Å²) < 4.78 is 11.6. The highest BCUT2D eigenvalue weighted by Crippen LogP contribution is 2.28. The van der Waals surface area contributed by atoms with E-state index in [0.29, 0.717) is 13.2 Å². The molecule has 0 aliphatic carbocycles. The summed E-state index contributed by atoms with van der Waals surface area (Å²) in [5, 5.41) is 2.26. The second-order valence-electron chi connectivity index (χ2n) is 5.11. The number of rotatable bonds is 3. The van der Waals surface area contributed by atoms with Crippen molar-refractivity contribution in [2.24, 2.45) is 5.73 Å². The fourth-order valence-electron chi connectivity index (χ4n) is 2.60. The van der Waals surface area contributed by atoms with Gasteiger partial charge in [-0.2, -0.15) is 0 Å². The Bertz CT molecular complexity index is 678. The molecule has 1 unspecified atom stereocenters. The quantitative estimate of drug-likeness (QED) is 0.880. The Morgan fingerprint density at radius 2 is 2.14 bits per heavy atom. The third-order valence-corrected chi connectivity index (χ3v) is 3.65. The zero-order chi connectivity index (χ0) is 14.5. The van der Waals surface area contributed by atoms with Crippen LogP contribution in [0.2, 0.25) is 0 Å². The maximum Gasteiger partial charge on any atom is 0.135 e. The van der Waals surface area contributed by atoms with E-state index in [4.69, 9.17) is 15.2 Å². The number of ether oxygens (including phenoxy) is 2. The minimum Gasteiger partial charge on any atom is -0.490 e. The van der Waals surface area contributed by atoms with Crippen LogP contribution >= 0.6 is 0 Å². The molecule has 0 spiro atoms. The third kappa shape index (κ3) is 3.18. The largest absolute Gasteiger partial charge is 0.490 e. The fraction of sp³-hybridized carbons (Fsp3) is 0.333. The number of fused-ring (bicyclic) bond motifs is 1. The first-order valence-corrected chi connectivity index (χ1v) is 7.33. The molecule has 108 valence electrons. The molecule has 1 aliphatic rings. The molecule has 0 aromatic heterocycles. The monoisotopic (exact) mass is 281 g/mol. The Morgan fingerprint density at radius 3 is 2.95 bits per heavy atom. The Kier molecular flexibility index (Phi) is 4.40. The van der Waals surface area contributed by atoms with E-state index in [-0.39, 0.29) is 6.10 Å². The first kappa shape index (κ1) is 13.9. The van der Waals surface area contributed by atoms with Gasteiger partial charge in [0.25, 0.3) is 0 Å². The topological polar surface area (TPSA) is 44.5 Å². The highest BCUT2D eigenvalue weighted by atomic mass is 16.5. The molecule has 0 bridgehead atoms. The molecule has 0 saturated carbocycles. The maximum absolute atomic E-state index is 5.96. The Balaban J connectivity index is 1.92. The standard InChI is InChI=1S/C18H19NO2/c19-11-3-8-17-16-7-2-1-5-14(16)9-10-18(17)21-13-15-6-4-12-20-15/h1-2,5,7,9-10,15H,4,6,11-13,19H2. The van der Waals surface area contributed by atoms with E-state index in [1.54, 1.807) is 0 Å². The highest BCUT2D eigenvalue weighted by Gasteiger charge is 2.17. The van der Waals surface area contributed by atoms with Gasteiger partial charge in [0, 0.05) is 12.0 Å². The summed E-state index contributed by atoms with van der Waals surface area (Å²) in [7, 11) is 0. The van der Waals surface area contributed by atoms with Gasteiger partial charge in [-0.3, -0.25) is 0 Å². The van der Waals surface area contributed by atoms with Crippen LogP contribution in [0.3, 0.4) is 0 Å². The Hall–Kier alpha value is -2.02. The lowest BCUT2D eigenvalue weighted by molar-refractivity contribution is 0.0679. The van der Waals surface area contributed by atoms with Crippen molar-refractivity contribution in [3.63, 3.8) is 0 Å². The van der Waals surface area contributed by atoms with Gasteiger partial charge in [-0.15, -0.1) is 0 Å². The van der Waals surface area contributed by atoms with Crippen LogP contribution in [0.15, 0.2) is 36.4 Å². The van der Waals surface area contributed by atoms with Crippen molar-refractivity contribution in [2.45, 2.75) is 18.9 Å². The fourth-order valence-corrected chi connectivity index (χ4v) is 2.60. The van der Waals surface area contributed by atoms with Gasteiger partial charge in [-0.25, -0.2) is 0 Å². The van der Waals surface area contributed by atoms with Crippen molar-refractivity contribution < 1.29 is 9.47 Å². The van der Waals surface area contributed by atoms with E-state index in [9.17, 15) is 0 Å². The van der Waals surface area contributed by atoms with Crippen LogP contribution in [0.1, 0.15) is 18.4 Å². The summed E-state index contributed by atoms with van der Waals surface area (Å²) in [5.41, 5.74) is 6.42. The molecule has 1 heterocycles. The summed E-state index contributed by atoms with van der Waals surface area (Å²) in [4.78, 5) is 0. The highest BCUT2D eigenvalue weighted by molar-refractivity contribution is 5.90. The van der Waals surface area contributed by atoms with Crippen LogP contribution in [0.5, 0.6) is 5.75 Å². The van der Waals surface area contributed by atoms with Gasteiger partial charge in [-0.1, -0.05) is 42.2 Å². The lowest BCUT2D eigenvalue weighted by Crippen LogP contribution is -2.16. The molecular formula is C18H19NO2. The SMILES string of the molecule is NCC#Cc1c(OCC2CCCO2)ccc2ccccc12. The predicted octanol–water partition coefficient (Wildman–Crippen LogP) is 2.71. The molecular weight excluding hydrogens is 262 g/mol. The average Bonchev–Trinajstić information content (AvgIpc) is 3.04. The van der Waals surface area contributed by atoms with Crippen molar-refractivity contribution in [3.8, 4) is 17.6 Å². The lowest BCUT2D eigenvalue weighted by atomic mass is 10.0. The van der Waals surface area contributed by atoms with Crippen LogP contribution in [0, 0.1) is 11.8 Å². The molecule has 3 heteroatoms. The Labute approximate surface area is 125 Å². The predicted molar refractivity (Wildman–Crippen MR) is 84.3 cm³/mol. The summed E-state index contributed by atoms with van der Waals surface area (Å²) in [5.74, 6) is 6.89. The van der Waals surface area contributed by atoms with Crippen molar-refractivity contribution in [1.82, 2.24) is 0 Å². The van der Waals surface area contributed by atoms with E-state index in [0.717, 1.165) is 41.5 Å². The molecule has 0 radical (unpaired) electrons. The normalized spacial score (nSPS) is 17.5. The zero-order valence-corrected chi connectivity index (χ0v) is 12.0. The van der Waals surface area contributed by atoms with Crippen molar-refractivity contribution in [3.05, 3.63) is 42.0 Å². The molecule has 1 aliphatic heterocycles. The Morgan fingerprint density at radius 1 is 1.24 bits per heavy atom. The first-order chi connectivity index (χ1) is 10.4. The van der Waals surface area contributed by atoms with Crippen molar-refractivity contribution in [2.75, 3.05) is 19.8 Å². The summed E-state index contributed by atoms with van der Waals surface area (Å²) in [6, 6.07) is 12.2. The van der Waals surface area contributed by atoms with Gasteiger partial charge in [0.2, 0.25) is 0 Å².